The third kappa shape index (κ3) is 83.2. The lowest BCUT2D eigenvalue weighted by Gasteiger charge is -2.23. The normalized spacial score (nSPS) is 12.2. The van der Waals surface area contributed by atoms with E-state index in [4.69, 9.17) is 43.0 Å². The van der Waals surface area contributed by atoms with Crippen LogP contribution in [0.25, 0.3) is 0 Å². The number of halogens is 1. The third-order valence-electron chi connectivity index (χ3n) is 21.6. The van der Waals surface area contributed by atoms with Gasteiger partial charge in [0.05, 0.1) is 6.42 Å². The van der Waals surface area contributed by atoms with Gasteiger partial charge in [-0.15, -0.1) is 0 Å². The summed E-state index contributed by atoms with van der Waals surface area (Å²) in [5.41, 5.74) is 3.31. The molecule has 0 saturated carbocycles. The molecule has 0 fully saturated rings. The molecule has 5 N–H and O–H groups in total. The van der Waals surface area contributed by atoms with Crippen LogP contribution in [0.1, 0.15) is 478 Å². The minimum absolute atomic E-state index is 0. The van der Waals surface area contributed by atoms with E-state index < -0.39 is 97.2 Å². The van der Waals surface area contributed by atoms with E-state index in [1.54, 1.807) is 45.0 Å². The molecular formula is C98H177ClN2O18. The van der Waals surface area contributed by atoms with Crippen LogP contribution in [0.4, 0.5) is 4.79 Å². The van der Waals surface area contributed by atoms with Crippen molar-refractivity contribution in [1.29, 1.82) is 0 Å². The number of unbranched alkanes of at least 4 members (excludes halogenated alkanes) is 56. The summed E-state index contributed by atoms with van der Waals surface area (Å²) >= 11 is 0. The number of carboxylic acids is 1. The molecule has 0 aliphatic heterocycles. The van der Waals surface area contributed by atoms with E-state index in [0.717, 1.165) is 76.2 Å². The van der Waals surface area contributed by atoms with Crippen LogP contribution in [0, 0.1) is 0 Å². The van der Waals surface area contributed by atoms with Gasteiger partial charge in [0.15, 0.2) is 18.2 Å². The molecule has 0 bridgehead atoms. The van der Waals surface area contributed by atoms with Gasteiger partial charge in [-0.05, 0) is 52.0 Å². The standard InChI is InChI=1S/C55H95NO10.C43H81NO8.ClH/c1-6-8-10-12-14-16-18-20-22-24-26-28-30-32-37-41-50(57)62-45-48(65-51(58)42-38-33-31-29-27-25-23-21-19-17-15-13-11-9-7-2)46-63-52(59)43-49(56-54(61)66-55(3,4)5)53(60)64-44-47-39-35-34-36-40-47;1-3-5-7-9-11-13-15-17-19-21-23-25-27-29-31-33-40(45)50-36-38(37-51-42(47)35-39(44)43(48)49)52-41(46)34-32-30-28-26-24-22-20-18-16-14-12-10-8-6-4-2;/h34-36,39-40,48-49H,6-33,37-38,41-46H2,1-5H3,(H,56,61);38-39H,3-37,44H2,1-2H3,(H,48,49);1H/t48?,49-;;/m0../s1. The Morgan fingerprint density at radius 1 is 0.328 bits per heavy atom. The minimum atomic E-state index is -1.41. The van der Waals surface area contributed by atoms with Gasteiger partial charge in [-0.25, -0.2) is 14.4 Å². The van der Waals surface area contributed by atoms with Gasteiger partial charge in [-0.1, -0.05) is 418 Å². The second-order valence-electron chi connectivity index (χ2n) is 34.5. The second kappa shape index (κ2) is 86.0. The van der Waals surface area contributed by atoms with E-state index >= 15 is 0 Å². The van der Waals surface area contributed by atoms with Crippen molar-refractivity contribution in [2.45, 2.75) is 509 Å². The van der Waals surface area contributed by atoms with Gasteiger partial charge in [-0.2, -0.15) is 0 Å². The third-order valence-corrected chi connectivity index (χ3v) is 21.6. The summed E-state index contributed by atoms with van der Waals surface area (Å²) in [5, 5.41) is 11.4. The number of aliphatic carboxylic acids is 1. The molecule has 0 aromatic heterocycles. The van der Waals surface area contributed by atoms with Crippen molar-refractivity contribution >= 4 is 53.8 Å². The molecule has 694 valence electrons. The smallest absolute Gasteiger partial charge is 0.408 e. The fourth-order valence-electron chi connectivity index (χ4n) is 14.2. The minimum Gasteiger partial charge on any atom is -1.00 e. The summed E-state index contributed by atoms with van der Waals surface area (Å²) in [6.07, 6.45) is 71.2. The van der Waals surface area contributed by atoms with Gasteiger partial charge in [0.2, 0.25) is 0 Å². The van der Waals surface area contributed by atoms with Gasteiger partial charge in [0, 0.05) is 25.7 Å². The van der Waals surface area contributed by atoms with Gasteiger partial charge in [-0.3, -0.25) is 28.8 Å². The van der Waals surface area contributed by atoms with Crippen molar-refractivity contribution in [2.75, 3.05) is 26.4 Å². The largest absolute Gasteiger partial charge is 1.00 e. The number of esters is 7. The molecule has 21 heteroatoms. The first kappa shape index (κ1) is 116. The summed E-state index contributed by atoms with van der Waals surface area (Å²) in [6, 6.07) is 6.47. The van der Waals surface area contributed by atoms with Crippen LogP contribution in [0.5, 0.6) is 0 Å². The molecule has 0 spiro atoms. The molecule has 0 aliphatic carbocycles. The summed E-state index contributed by atoms with van der Waals surface area (Å²) < 4.78 is 43.5. The zero-order chi connectivity index (χ0) is 86.7. The monoisotopic (exact) mass is 1710 g/mol. The second-order valence-corrected chi connectivity index (χ2v) is 34.5. The number of alkyl carbamates (subject to hydrolysis) is 1. The van der Waals surface area contributed by atoms with Crippen LogP contribution in [0.15, 0.2) is 30.3 Å². The van der Waals surface area contributed by atoms with Crippen molar-refractivity contribution in [3.05, 3.63) is 35.9 Å². The van der Waals surface area contributed by atoms with E-state index in [9.17, 15) is 43.2 Å². The highest BCUT2D eigenvalue weighted by atomic mass is 35.5. The van der Waals surface area contributed by atoms with Gasteiger partial charge in [0.1, 0.15) is 51.1 Å². The predicted octanol–water partition coefficient (Wildman–Crippen LogP) is 22.1. The number of rotatable bonds is 83. The number of quaternary nitrogens is 1. The van der Waals surface area contributed by atoms with E-state index in [2.05, 4.69) is 38.7 Å². The number of benzene rings is 1. The number of amides is 1. The first-order chi connectivity index (χ1) is 57.2. The molecule has 1 aromatic carbocycles. The molecule has 0 saturated heterocycles. The lowest BCUT2D eigenvalue weighted by molar-refractivity contribution is -0.407. The number of carbonyl (C=O) groups excluding carboxylic acids is 8. The number of ether oxygens (including phenoxy) is 8. The zero-order valence-corrected chi connectivity index (χ0v) is 77.6. The highest BCUT2D eigenvalue weighted by molar-refractivity contribution is 5.86. The van der Waals surface area contributed by atoms with E-state index in [1.165, 1.54) is 295 Å². The number of carboxylic acid groups (broad SMARTS) is 1. The molecule has 119 heavy (non-hydrogen) atoms. The van der Waals surface area contributed by atoms with Crippen LogP contribution in [-0.4, -0.2) is 115 Å². The lowest BCUT2D eigenvalue weighted by atomic mass is 10.0. The summed E-state index contributed by atoms with van der Waals surface area (Å²) in [5.74, 6) is -5.30. The molecule has 1 rings (SSSR count). The van der Waals surface area contributed by atoms with Crippen molar-refractivity contribution in [3.63, 3.8) is 0 Å². The molecule has 20 nitrogen and oxygen atoms in total. The molecule has 1 aromatic rings. The zero-order valence-electron chi connectivity index (χ0n) is 76.9. The number of nitrogens with one attached hydrogen (secondary N) is 1. The average molecular weight is 1710 g/mol. The molecule has 0 aliphatic rings. The maximum absolute atomic E-state index is 13.2. The molecule has 0 radical (unpaired) electrons. The van der Waals surface area contributed by atoms with Gasteiger partial charge in [0.25, 0.3) is 0 Å². The highest BCUT2D eigenvalue weighted by Crippen LogP contribution is 2.21. The van der Waals surface area contributed by atoms with Crippen LogP contribution in [-0.2, 0) is 82.9 Å². The Labute approximate surface area is 730 Å². The first-order valence-corrected chi connectivity index (χ1v) is 48.5. The molecule has 1 amide bonds. The van der Waals surface area contributed by atoms with Crippen molar-refractivity contribution in [3.8, 4) is 0 Å². The van der Waals surface area contributed by atoms with E-state index in [0.29, 0.717) is 25.7 Å². The quantitative estimate of drug-likeness (QED) is 0.0310. The lowest BCUT2D eigenvalue weighted by Crippen LogP contribution is -3.00. The van der Waals surface area contributed by atoms with Crippen molar-refractivity contribution < 1.29 is 104 Å². The molecule has 0 heterocycles. The Morgan fingerprint density at radius 3 is 0.815 bits per heavy atom. The van der Waals surface area contributed by atoms with Gasteiger partial charge >= 0.3 is 53.8 Å². The molecule has 3 unspecified atom stereocenters. The Kier molecular flexibility index (Phi) is 83.5. The Hall–Kier alpha value is -5.50. The van der Waals surface area contributed by atoms with E-state index in [-0.39, 0.29) is 64.1 Å². The van der Waals surface area contributed by atoms with E-state index in [1.807, 2.05) is 6.07 Å². The number of hydrogen-bond acceptors (Lipinski definition) is 17. The fourth-order valence-corrected chi connectivity index (χ4v) is 14.2. The maximum atomic E-state index is 13.2. The SMILES string of the molecule is CCCCCCCCCCCCCCCCCC(=O)OCC(COC(=O)CC([NH3+])C(=O)O)OC(=O)CCCCCCCCCCCCCCCCC.CCCCCCCCCCCCCCCCCC(=O)OCC(COC(=O)C[C@H](NC(=O)OC(C)(C)C)C(=O)OCc1ccccc1)OC(=O)CCCCCCCCCCCCCCCCC.[Cl-]. The summed E-state index contributed by atoms with van der Waals surface area (Å²) in [7, 11) is 0. The van der Waals surface area contributed by atoms with Crippen LogP contribution in [0.2, 0.25) is 0 Å². The van der Waals surface area contributed by atoms with Gasteiger partial charge < -0.3 is 66.5 Å². The van der Waals surface area contributed by atoms with Crippen LogP contribution in [0.3, 0.4) is 0 Å². The topological polar surface area (TPSA) is 287 Å². The maximum Gasteiger partial charge on any atom is 0.408 e. The Bertz CT molecular complexity index is 2550. The Morgan fingerprint density at radius 2 is 0.563 bits per heavy atom. The van der Waals surface area contributed by atoms with Crippen LogP contribution >= 0.6 is 0 Å². The number of hydrogen-bond donors (Lipinski definition) is 3. The summed E-state index contributed by atoms with van der Waals surface area (Å²) in [6.45, 7) is 12.8. The fraction of sp³-hybridized carbons (Fsp3) is 0.847. The van der Waals surface area contributed by atoms with Crippen molar-refractivity contribution in [2.24, 2.45) is 0 Å². The first-order valence-electron chi connectivity index (χ1n) is 48.5. The Balaban J connectivity index is 0. The average Bonchev–Trinajstić information content (AvgIpc) is 0.883. The highest BCUT2D eigenvalue weighted by Gasteiger charge is 2.30. The number of carbonyl (C=O) groups is 9. The molecule has 4 atom stereocenters. The summed E-state index contributed by atoms with van der Waals surface area (Å²) in [4.78, 5) is 113. The van der Waals surface area contributed by atoms with Crippen molar-refractivity contribution in [1.82, 2.24) is 5.32 Å². The molecular weight excluding hydrogens is 1530 g/mol. The van der Waals surface area contributed by atoms with Crippen LogP contribution < -0.4 is 23.5 Å². The predicted molar refractivity (Wildman–Crippen MR) is 475 cm³/mol.